The van der Waals surface area contributed by atoms with Crippen LogP contribution >= 0.6 is 0 Å². The minimum absolute atomic E-state index is 0. The van der Waals surface area contributed by atoms with Crippen molar-refractivity contribution < 1.29 is 2.85 Å². The number of rotatable bonds is 13. The van der Waals surface area contributed by atoms with Crippen molar-refractivity contribution in [1.29, 1.82) is 0 Å². The van der Waals surface area contributed by atoms with Crippen molar-refractivity contribution in [3.63, 3.8) is 0 Å². The van der Waals surface area contributed by atoms with Gasteiger partial charge in [-0.2, -0.15) is 0 Å². The van der Waals surface area contributed by atoms with Crippen LogP contribution in [0.3, 0.4) is 0 Å². The molecule has 0 spiro atoms. The molecular formula is C16H36Mg. The summed E-state index contributed by atoms with van der Waals surface area (Å²) in [6, 6.07) is 0. The van der Waals surface area contributed by atoms with Gasteiger partial charge in [0.1, 0.15) is 0 Å². The van der Waals surface area contributed by atoms with E-state index in [9.17, 15) is 0 Å². The van der Waals surface area contributed by atoms with Gasteiger partial charge >= 0.3 is 23.1 Å². The van der Waals surface area contributed by atoms with Gasteiger partial charge in [-0.1, -0.05) is 104 Å². The predicted octanol–water partition coefficient (Wildman–Crippen LogP) is 6.33. The first-order valence-electron chi connectivity index (χ1n) is 7.91. The molecule has 0 bridgehead atoms. The third-order valence-corrected chi connectivity index (χ3v) is 3.46. The van der Waals surface area contributed by atoms with Crippen LogP contribution in [0.5, 0.6) is 0 Å². The first kappa shape index (κ1) is 20.1. The van der Waals surface area contributed by atoms with Crippen LogP contribution < -0.4 is 0 Å². The molecule has 0 nitrogen and oxygen atoms in total. The average molecular weight is 253 g/mol. The van der Waals surface area contributed by atoms with Crippen molar-refractivity contribution in [1.82, 2.24) is 0 Å². The Hall–Kier alpha value is 0.766. The quantitative estimate of drug-likeness (QED) is 0.265. The van der Waals surface area contributed by atoms with E-state index < -0.39 is 0 Å². The third kappa shape index (κ3) is 19.3. The Morgan fingerprint density at radius 1 is 0.412 bits per heavy atom. The molecule has 0 atom stereocenters. The molecule has 0 fully saturated rings. The molecule has 0 aromatic carbocycles. The SMILES string of the molecule is CCCCCCCCCCCCCCCC.[H-].[H-].[Mg+2]. The van der Waals surface area contributed by atoms with Crippen molar-refractivity contribution in [2.45, 2.75) is 104 Å². The van der Waals surface area contributed by atoms with E-state index in [0.29, 0.717) is 0 Å². The van der Waals surface area contributed by atoms with E-state index >= 15 is 0 Å². The van der Waals surface area contributed by atoms with E-state index in [1.54, 1.807) is 0 Å². The van der Waals surface area contributed by atoms with Crippen LogP contribution in [-0.2, 0) is 0 Å². The van der Waals surface area contributed by atoms with E-state index in [1.165, 1.54) is 89.9 Å². The largest absolute Gasteiger partial charge is 2.00 e. The van der Waals surface area contributed by atoms with Gasteiger partial charge in [0.05, 0.1) is 0 Å². The van der Waals surface area contributed by atoms with Gasteiger partial charge in [0.25, 0.3) is 0 Å². The number of unbranched alkanes of at least 4 members (excludes halogenated alkanes) is 13. The van der Waals surface area contributed by atoms with Gasteiger partial charge in [0.2, 0.25) is 0 Å². The van der Waals surface area contributed by atoms with Crippen LogP contribution in [0.15, 0.2) is 0 Å². The van der Waals surface area contributed by atoms with Gasteiger partial charge in [-0.05, 0) is 0 Å². The van der Waals surface area contributed by atoms with Gasteiger partial charge in [-0.3, -0.25) is 0 Å². The topological polar surface area (TPSA) is 0 Å². The Bertz CT molecular complexity index is 107. The zero-order valence-corrected chi connectivity index (χ0v) is 14.0. The molecule has 0 aliphatic heterocycles. The second-order valence-corrected chi connectivity index (χ2v) is 5.24. The second-order valence-electron chi connectivity index (χ2n) is 5.24. The van der Waals surface area contributed by atoms with Crippen molar-refractivity contribution >= 4 is 23.1 Å². The summed E-state index contributed by atoms with van der Waals surface area (Å²) >= 11 is 0. The summed E-state index contributed by atoms with van der Waals surface area (Å²) in [6.45, 7) is 4.58. The average Bonchev–Trinajstić information content (AvgIpc) is 2.31. The fraction of sp³-hybridized carbons (Fsp3) is 1.00. The number of hydrogen-bond acceptors (Lipinski definition) is 0. The molecule has 0 radical (unpaired) electrons. The molecule has 0 saturated heterocycles. The van der Waals surface area contributed by atoms with E-state index in [4.69, 9.17) is 0 Å². The molecule has 0 saturated carbocycles. The minimum Gasteiger partial charge on any atom is -1.00 e. The molecular weight excluding hydrogens is 216 g/mol. The molecule has 1 heteroatoms. The zero-order valence-electron chi connectivity index (χ0n) is 14.6. The van der Waals surface area contributed by atoms with Crippen LogP contribution in [0, 0.1) is 0 Å². The summed E-state index contributed by atoms with van der Waals surface area (Å²) in [6.07, 6.45) is 20.4. The fourth-order valence-electron chi connectivity index (χ4n) is 2.27. The Morgan fingerprint density at radius 3 is 0.765 bits per heavy atom. The molecule has 0 aliphatic carbocycles. The predicted molar refractivity (Wildman–Crippen MR) is 84.0 cm³/mol. The van der Waals surface area contributed by atoms with Gasteiger partial charge < -0.3 is 2.85 Å². The van der Waals surface area contributed by atoms with E-state index in [1.807, 2.05) is 0 Å². The number of hydrogen-bond donors (Lipinski definition) is 0. The van der Waals surface area contributed by atoms with Crippen LogP contribution in [-0.4, -0.2) is 23.1 Å². The summed E-state index contributed by atoms with van der Waals surface area (Å²) in [5, 5.41) is 0. The molecule has 0 heterocycles. The van der Waals surface area contributed by atoms with Crippen molar-refractivity contribution in [3.05, 3.63) is 0 Å². The van der Waals surface area contributed by atoms with Gasteiger partial charge in [0, 0.05) is 0 Å². The first-order valence-corrected chi connectivity index (χ1v) is 7.91. The van der Waals surface area contributed by atoms with E-state index in [2.05, 4.69) is 13.8 Å². The minimum atomic E-state index is 0. The second kappa shape index (κ2) is 19.1. The Labute approximate surface area is 129 Å². The molecule has 0 amide bonds. The molecule has 0 N–H and O–H groups in total. The summed E-state index contributed by atoms with van der Waals surface area (Å²) in [7, 11) is 0. The van der Waals surface area contributed by atoms with Crippen molar-refractivity contribution in [3.8, 4) is 0 Å². The molecule has 0 aliphatic rings. The molecule has 102 valence electrons. The van der Waals surface area contributed by atoms with Crippen LogP contribution in [0.25, 0.3) is 0 Å². The van der Waals surface area contributed by atoms with Crippen LogP contribution in [0.4, 0.5) is 0 Å². The molecule has 0 aromatic heterocycles. The molecule has 0 unspecified atom stereocenters. The summed E-state index contributed by atoms with van der Waals surface area (Å²) in [4.78, 5) is 0. The van der Waals surface area contributed by atoms with E-state index in [0.717, 1.165) is 0 Å². The molecule has 0 aromatic rings. The summed E-state index contributed by atoms with van der Waals surface area (Å²) < 4.78 is 0. The van der Waals surface area contributed by atoms with Gasteiger partial charge in [-0.25, -0.2) is 0 Å². The first-order chi connectivity index (χ1) is 7.91. The Balaban J connectivity index is -0.000000375. The summed E-state index contributed by atoms with van der Waals surface area (Å²) in [5.74, 6) is 0. The van der Waals surface area contributed by atoms with E-state index in [-0.39, 0.29) is 25.9 Å². The fourth-order valence-corrected chi connectivity index (χ4v) is 2.27. The maximum atomic E-state index is 2.29. The molecule has 0 rings (SSSR count). The Morgan fingerprint density at radius 2 is 0.588 bits per heavy atom. The third-order valence-electron chi connectivity index (χ3n) is 3.46. The summed E-state index contributed by atoms with van der Waals surface area (Å²) in [5.41, 5.74) is 0. The zero-order chi connectivity index (χ0) is 11.9. The van der Waals surface area contributed by atoms with Crippen LogP contribution in [0.1, 0.15) is 107 Å². The molecule has 17 heavy (non-hydrogen) atoms. The maximum absolute atomic E-state index is 2.29. The normalized spacial score (nSPS) is 10.2. The van der Waals surface area contributed by atoms with Gasteiger partial charge in [-0.15, -0.1) is 0 Å². The standard InChI is InChI=1S/C16H34.Mg.2H/c1-3-5-7-9-11-13-15-16-14-12-10-8-6-4-2;;;/h3-16H2,1-2H3;;;/q;+2;2*-1. The van der Waals surface area contributed by atoms with Gasteiger partial charge in [0.15, 0.2) is 0 Å². The van der Waals surface area contributed by atoms with Crippen molar-refractivity contribution in [2.75, 3.05) is 0 Å². The Kier molecular flexibility index (Phi) is 22.6. The monoisotopic (exact) mass is 252 g/mol. The van der Waals surface area contributed by atoms with Crippen LogP contribution in [0.2, 0.25) is 0 Å². The van der Waals surface area contributed by atoms with Crippen molar-refractivity contribution in [2.24, 2.45) is 0 Å². The maximum Gasteiger partial charge on any atom is 2.00 e. The smallest absolute Gasteiger partial charge is 1.00 e.